The number of fused-ring (bicyclic) bond motifs is 4. The minimum atomic E-state index is 0.00648. The number of aliphatic imine (C=N–C) groups is 1. The second-order valence-electron chi connectivity index (χ2n) is 8.52. The largest absolute Gasteiger partial charge is 0.491 e. The van der Waals surface area contributed by atoms with E-state index in [-0.39, 0.29) is 25.0 Å². The Morgan fingerprint density at radius 3 is 3.09 bits per heavy atom. The van der Waals surface area contributed by atoms with Crippen LogP contribution in [0.3, 0.4) is 0 Å². The molecule has 10 nitrogen and oxygen atoms in total. The van der Waals surface area contributed by atoms with Crippen molar-refractivity contribution >= 4 is 45.2 Å². The van der Waals surface area contributed by atoms with E-state index in [0.29, 0.717) is 12.3 Å². The van der Waals surface area contributed by atoms with Crippen LogP contribution in [-0.4, -0.2) is 54.2 Å². The maximum Gasteiger partial charge on any atom is 0.225 e. The molecule has 11 heteroatoms. The van der Waals surface area contributed by atoms with Crippen LogP contribution in [0.15, 0.2) is 28.6 Å². The number of nitrogens with one attached hydrogen (secondary N) is 1. The van der Waals surface area contributed by atoms with E-state index >= 15 is 0 Å². The molecule has 3 aromatic rings. The summed E-state index contributed by atoms with van der Waals surface area (Å²) >= 11 is 1.64. The van der Waals surface area contributed by atoms with Crippen molar-refractivity contribution in [2.45, 2.75) is 25.8 Å². The van der Waals surface area contributed by atoms with E-state index < -0.39 is 0 Å². The van der Waals surface area contributed by atoms with E-state index in [4.69, 9.17) is 10.3 Å². The number of azide groups is 1. The molecule has 5 rings (SSSR count). The lowest BCUT2D eigenvalue weighted by atomic mass is 9.87. The number of aryl methyl sites for hydroxylation is 1. The van der Waals surface area contributed by atoms with Gasteiger partial charge in [-0.3, -0.25) is 9.79 Å². The number of aromatic nitrogens is 2. The molecule has 0 bridgehead atoms. The predicted octanol–water partition coefficient (Wildman–Crippen LogP) is 4.25. The summed E-state index contributed by atoms with van der Waals surface area (Å²) in [5, 5.41) is 8.02. The molecule has 2 aliphatic rings. The topological polar surface area (TPSA) is 128 Å². The number of hydrogen-bond acceptors (Lipinski definition) is 8. The van der Waals surface area contributed by atoms with Crippen LogP contribution in [-0.2, 0) is 24.2 Å². The highest BCUT2D eigenvalue weighted by atomic mass is 32.1. The smallest absolute Gasteiger partial charge is 0.225 e. The van der Waals surface area contributed by atoms with Gasteiger partial charge in [-0.05, 0) is 53.6 Å². The Morgan fingerprint density at radius 2 is 2.26 bits per heavy atom. The Kier molecular flexibility index (Phi) is 6.04. The van der Waals surface area contributed by atoms with Gasteiger partial charge in [0.25, 0.3) is 0 Å². The van der Waals surface area contributed by atoms with Crippen LogP contribution in [0.4, 0.5) is 11.5 Å². The van der Waals surface area contributed by atoms with Gasteiger partial charge < -0.3 is 15.0 Å². The normalized spacial score (nSPS) is 16.0. The lowest BCUT2D eigenvalue weighted by Crippen LogP contribution is -2.32. The molecular weight excluding hydrogens is 452 g/mol. The summed E-state index contributed by atoms with van der Waals surface area (Å²) in [6, 6.07) is 3.98. The van der Waals surface area contributed by atoms with Crippen molar-refractivity contribution in [1.29, 1.82) is 0 Å². The fraction of sp³-hybridized carbons (Fsp3) is 0.391. The Labute approximate surface area is 200 Å². The molecule has 1 aliphatic carbocycles. The van der Waals surface area contributed by atoms with E-state index in [1.165, 1.54) is 10.4 Å². The summed E-state index contributed by atoms with van der Waals surface area (Å²) in [5.74, 6) is 1.56. The Morgan fingerprint density at radius 1 is 1.38 bits per heavy atom. The number of nitrogens with zero attached hydrogens (tertiary/aromatic N) is 7. The first-order valence-corrected chi connectivity index (χ1v) is 11.9. The van der Waals surface area contributed by atoms with Crippen LogP contribution in [0, 0.1) is 5.92 Å². The van der Waals surface area contributed by atoms with Crippen LogP contribution >= 0.6 is 11.3 Å². The van der Waals surface area contributed by atoms with Crippen molar-refractivity contribution in [2.24, 2.45) is 16.0 Å². The van der Waals surface area contributed by atoms with Gasteiger partial charge in [-0.25, -0.2) is 9.97 Å². The molecule has 0 saturated heterocycles. The Bertz CT molecular complexity index is 1340. The van der Waals surface area contributed by atoms with Gasteiger partial charge in [-0.15, -0.1) is 11.3 Å². The molecular formula is C23H24N8O2S. The van der Waals surface area contributed by atoms with Crippen LogP contribution in [0.2, 0.25) is 0 Å². The first-order valence-electron chi connectivity index (χ1n) is 11.1. The summed E-state index contributed by atoms with van der Waals surface area (Å²) < 4.78 is 5.94. The highest BCUT2D eigenvalue weighted by molar-refractivity contribution is 7.19. The lowest BCUT2D eigenvalue weighted by Gasteiger charge is -2.24. The molecule has 0 unspecified atom stereocenters. The number of amides is 1. The molecule has 1 aromatic carbocycles. The maximum absolute atomic E-state index is 12.5. The van der Waals surface area contributed by atoms with Crippen LogP contribution in [0.25, 0.3) is 20.7 Å². The average Bonchev–Trinajstić information content (AvgIpc) is 3.44. The molecule has 0 fully saturated rings. The number of carbonyl (C=O) groups is 1. The first-order chi connectivity index (χ1) is 16.5. The second kappa shape index (κ2) is 9.28. The zero-order valence-corrected chi connectivity index (χ0v) is 19.8. The molecule has 174 valence electrons. The number of benzene rings is 1. The summed E-state index contributed by atoms with van der Waals surface area (Å²) in [5.41, 5.74) is 12.6. The van der Waals surface area contributed by atoms with Crippen molar-refractivity contribution in [2.75, 3.05) is 32.6 Å². The van der Waals surface area contributed by atoms with Gasteiger partial charge in [-0.2, -0.15) is 0 Å². The molecule has 3 heterocycles. The molecule has 1 aliphatic heterocycles. The minimum Gasteiger partial charge on any atom is -0.491 e. The number of carbonyl (C=O) groups excluding carboxylic acids is 1. The van der Waals surface area contributed by atoms with Crippen molar-refractivity contribution in [1.82, 2.24) is 14.9 Å². The zero-order chi connectivity index (χ0) is 23.7. The lowest BCUT2D eigenvalue weighted by molar-refractivity contribution is -0.133. The molecule has 0 radical (unpaired) electrons. The van der Waals surface area contributed by atoms with E-state index in [2.05, 4.69) is 30.3 Å². The van der Waals surface area contributed by atoms with Gasteiger partial charge in [0, 0.05) is 36.0 Å². The molecule has 34 heavy (non-hydrogen) atoms. The number of ether oxygens (including phenoxy) is 1. The Hall–Kier alpha value is -3.69. The highest BCUT2D eigenvalue weighted by Crippen LogP contribution is 2.42. The Balaban J connectivity index is 1.49. The number of thiophene rings is 1. The third-order valence-corrected chi connectivity index (χ3v) is 7.30. The third-order valence-electron chi connectivity index (χ3n) is 6.13. The fourth-order valence-electron chi connectivity index (χ4n) is 4.50. The van der Waals surface area contributed by atoms with Gasteiger partial charge in [0.15, 0.2) is 0 Å². The minimum absolute atomic E-state index is 0.00648. The van der Waals surface area contributed by atoms with Crippen LogP contribution < -0.4 is 10.1 Å². The number of hydrogen-bond donors (Lipinski definition) is 1. The molecule has 0 spiro atoms. The van der Waals surface area contributed by atoms with Crippen LogP contribution in [0.5, 0.6) is 5.75 Å². The summed E-state index contributed by atoms with van der Waals surface area (Å²) in [4.78, 5) is 32.5. The van der Waals surface area contributed by atoms with Crippen molar-refractivity contribution in [3.05, 3.63) is 50.5 Å². The monoisotopic (exact) mass is 476 g/mol. The molecule has 1 atom stereocenters. The SMILES string of the molecule is CN(C)C(=O)[C@H]1CCc2c(sc3ncnc(Nc4cc5c(cc4OCCN=[N+]=[N-])CN=C5)c23)C1. The van der Waals surface area contributed by atoms with Crippen LogP contribution in [0.1, 0.15) is 28.0 Å². The van der Waals surface area contributed by atoms with E-state index in [0.717, 1.165) is 52.1 Å². The molecule has 2 aromatic heterocycles. The van der Waals surface area contributed by atoms with Crippen molar-refractivity contribution in [3.8, 4) is 5.75 Å². The first kappa shape index (κ1) is 22.1. The maximum atomic E-state index is 12.5. The summed E-state index contributed by atoms with van der Waals surface area (Å²) in [6.45, 7) is 1.13. The molecule has 1 amide bonds. The summed E-state index contributed by atoms with van der Waals surface area (Å²) in [7, 11) is 3.62. The van der Waals surface area contributed by atoms with E-state index in [1.54, 1.807) is 22.6 Å². The number of anilines is 2. The van der Waals surface area contributed by atoms with Gasteiger partial charge in [-0.1, -0.05) is 5.11 Å². The predicted molar refractivity (Wildman–Crippen MR) is 132 cm³/mol. The number of rotatable bonds is 7. The van der Waals surface area contributed by atoms with Gasteiger partial charge in [0.2, 0.25) is 5.91 Å². The van der Waals surface area contributed by atoms with Gasteiger partial charge in [0.1, 0.15) is 22.7 Å². The van der Waals surface area contributed by atoms with E-state index in [1.807, 2.05) is 32.4 Å². The molecule has 1 N–H and O–H groups in total. The molecule has 0 saturated carbocycles. The van der Waals surface area contributed by atoms with E-state index in [9.17, 15) is 4.79 Å². The summed E-state index contributed by atoms with van der Waals surface area (Å²) in [6.07, 6.45) is 5.78. The quantitative estimate of drug-likeness (QED) is 0.236. The van der Waals surface area contributed by atoms with Crippen molar-refractivity contribution < 1.29 is 9.53 Å². The van der Waals surface area contributed by atoms with Gasteiger partial charge >= 0.3 is 0 Å². The fourth-order valence-corrected chi connectivity index (χ4v) is 5.77. The average molecular weight is 477 g/mol. The second-order valence-corrected chi connectivity index (χ2v) is 9.61. The highest BCUT2D eigenvalue weighted by Gasteiger charge is 2.30. The van der Waals surface area contributed by atoms with Crippen molar-refractivity contribution in [3.63, 3.8) is 0 Å². The van der Waals surface area contributed by atoms with Gasteiger partial charge in [0.05, 0.1) is 30.8 Å². The zero-order valence-electron chi connectivity index (χ0n) is 19.0. The third kappa shape index (κ3) is 4.15. The standard InChI is InChI=1S/C23H24N8O2S/c1-31(2)23(32)13-3-4-16-19(9-13)34-22-20(16)21(26-12-27-22)29-17-7-14-10-25-11-15(14)8-18(17)33-6-5-28-30-24/h7-8,10,12-13H,3-6,9,11H2,1-2H3,(H,26,27,29)/t13-/m0/s1.